The van der Waals surface area contributed by atoms with E-state index in [2.05, 4.69) is 41.4 Å². The third kappa shape index (κ3) is 5.85. The highest BCUT2D eigenvalue weighted by molar-refractivity contribution is 5.79. The Labute approximate surface area is 199 Å². The molecule has 4 rings (SSSR count). The fourth-order valence-electron chi connectivity index (χ4n) is 4.24. The highest BCUT2D eigenvalue weighted by Crippen LogP contribution is 2.44. The Morgan fingerprint density at radius 3 is 2.21 bits per heavy atom. The van der Waals surface area contributed by atoms with Crippen molar-refractivity contribution in [3.05, 3.63) is 95.1 Å². The predicted octanol–water partition coefficient (Wildman–Crippen LogP) is 5.37. The van der Waals surface area contributed by atoms with E-state index in [0.29, 0.717) is 26.0 Å². The second kappa shape index (κ2) is 11.2. The molecular formula is C29H27NO4. The molecule has 0 aliphatic heterocycles. The molecule has 0 bridgehead atoms. The molecule has 34 heavy (non-hydrogen) atoms. The summed E-state index contributed by atoms with van der Waals surface area (Å²) in [5.74, 6) is 5.42. The lowest BCUT2D eigenvalue weighted by Gasteiger charge is -2.14. The lowest BCUT2D eigenvalue weighted by molar-refractivity contribution is -0.137. The lowest BCUT2D eigenvalue weighted by atomic mass is 9.98. The first-order valence-corrected chi connectivity index (χ1v) is 11.5. The quantitative estimate of drug-likeness (QED) is 0.355. The van der Waals surface area contributed by atoms with Crippen LogP contribution >= 0.6 is 0 Å². The van der Waals surface area contributed by atoms with Gasteiger partial charge in [-0.05, 0) is 52.8 Å². The van der Waals surface area contributed by atoms with Gasteiger partial charge < -0.3 is 15.2 Å². The molecule has 0 fully saturated rings. The number of carboxylic acid groups (broad SMARTS) is 1. The van der Waals surface area contributed by atoms with Gasteiger partial charge in [-0.25, -0.2) is 4.79 Å². The number of carboxylic acids is 1. The van der Waals surface area contributed by atoms with E-state index in [1.165, 1.54) is 22.3 Å². The van der Waals surface area contributed by atoms with E-state index >= 15 is 0 Å². The Balaban J connectivity index is 1.20. The monoisotopic (exact) mass is 453 g/mol. The first-order valence-electron chi connectivity index (χ1n) is 11.5. The molecule has 0 atom stereocenters. The van der Waals surface area contributed by atoms with Crippen LogP contribution in [0.5, 0.6) is 0 Å². The summed E-state index contributed by atoms with van der Waals surface area (Å²) in [6.45, 7) is 0.710. The summed E-state index contributed by atoms with van der Waals surface area (Å²) in [6.07, 6.45) is 1.63. The van der Waals surface area contributed by atoms with Gasteiger partial charge in [0.05, 0.1) is 0 Å². The number of carbonyl (C=O) groups excluding carboxylic acids is 1. The van der Waals surface area contributed by atoms with E-state index in [9.17, 15) is 9.59 Å². The average molecular weight is 454 g/mol. The Bertz CT molecular complexity index is 1180. The van der Waals surface area contributed by atoms with Crippen molar-refractivity contribution in [1.29, 1.82) is 0 Å². The van der Waals surface area contributed by atoms with Gasteiger partial charge in [0.15, 0.2) is 0 Å². The second-order valence-electron chi connectivity index (χ2n) is 8.25. The van der Waals surface area contributed by atoms with Gasteiger partial charge in [-0.3, -0.25) is 4.79 Å². The highest BCUT2D eigenvalue weighted by Gasteiger charge is 2.28. The van der Waals surface area contributed by atoms with Crippen LogP contribution in [-0.2, 0) is 16.0 Å². The molecule has 0 spiro atoms. The number of alkyl carbamates (subject to hydrolysis) is 1. The number of benzene rings is 3. The molecule has 0 saturated heterocycles. The van der Waals surface area contributed by atoms with Crippen LogP contribution < -0.4 is 5.32 Å². The minimum absolute atomic E-state index is 0.0463. The van der Waals surface area contributed by atoms with Gasteiger partial charge in [-0.1, -0.05) is 72.5 Å². The first kappa shape index (κ1) is 23.1. The molecule has 5 heteroatoms. The summed E-state index contributed by atoms with van der Waals surface area (Å²) in [5.41, 5.74) is 6.78. The van der Waals surface area contributed by atoms with E-state index in [-0.39, 0.29) is 12.3 Å². The highest BCUT2D eigenvalue weighted by atomic mass is 16.5. The van der Waals surface area contributed by atoms with Crippen LogP contribution in [0.15, 0.2) is 72.8 Å². The molecule has 0 unspecified atom stereocenters. The number of hydrogen-bond acceptors (Lipinski definition) is 3. The summed E-state index contributed by atoms with van der Waals surface area (Å²) in [7, 11) is 0. The standard InChI is InChI=1S/C29H27NO4/c31-28(32)14-7-9-22-17-15-21(16-18-22)8-5-6-19-30-29(33)34-20-27-25-12-3-1-10-23(25)24-11-2-4-13-26(24)27/h1-4,10-13,15-18,27H,6-7,9,14,19-20H2,(H,30,33)(H,31,32). The number of aryl methyl sites for hydroxylation is 1. The maximum Gasteiger partial charge on any atom is 0.407 e. The number of carbonyl (C=O) groups is 2. The topological polar surface area (TPSA) is 75.6 Å². The molecule has 1 aliphatic carbocycles. The van der Waals surface area contributed by atoms with Gasteiger partial charge in [0.25, 0.3) is 0 Å². The molecule has 3 aromatic carbocycles. The minimum Gasteiger partial charge on any atom is -0.481 e. The fraction of sp³-hybridized carbons (Fsp3) is 0.241. The molecule has 0 saturated carbocycles. The van der Waals surface area contributed by atoms with Gasteiger partial charge in [0.2, 0.25) is 0 Å². The molecular weight excluding hydrogens is 426 g/mol. The number of aliphatic carboxylic acids is 1. The third-order valence-corrected chi connectivity index (χ3v) is 5.91. The van der Waals surface area contributed by atoms with Crippen molar-refractivity contribution in [2.24, 2.45) is 0 Å². The van der Waals surface area contributed by atoms with Crippen LogP contribution in [0.3, 0.4) is 0 Å². The van der Waals surface area contributed by atoms with Crippen LogP contribution in [-0.4, -0.2) is 30.3 Å². The molecule has 0 heterocycles. The van der Waals surface area contributed by atoms with E-state index in [1.54, 1.807) is 0 Å². The smallest absolute Gasteiger partial charge is 0.407 e. The van der Waals surface area contributed by atoms with Crippen molar-refractivity contribution in [2.45, 2.75) is 31.6 Å². The van der Waals surface area contributed by atoms with E-state index in [0.717, 1.165) is 17.5 Å². The largest absolute Gasteiger partial charge is 0.481 e. The summed E-state index contributed by atoms with van der Waals surface area (Å²) in [5, 5.41) is 11.5. The van der Waals surface area contributed by atoms with Crippen molar-refractivity contribution >= 4 is 12.1 Å². The van der Waals surface area contributed by atoms with Crippen LogP contribution in [0.2, 0.25) is 0 Å². The van der Waals surface area contributed by atoms with Crippen LogP contribution in [0.4, 0.5) is 4.79 Å². The number of fused-ring (bicyclic) bond motifs is 3. The van der Waals surface area contributed by atoms with E-state index < -0.39 is 12.1 Å². The van der Waals surface area contributed by atoms with Gasteiger partial charge >= 0.3 is 12.1 Å². The number of nitrogens with one attached hydrogen (secondary N) is 1. The van der Waals surface area contributed by atoms with Crippen molar-refractivity contribution in [1.82, 2.24) is 5.32 Å². The number of hydrogen-bond donors (Lipinski definition) is 2. The second-order valence-corrected chi connectivity index (χ2v) is 8.25. The molecule has 3 aromatic rings. The third-order valence-electron chi connectivity index (χ3n) is 5.91. The average Bonchev–Trinajstić information content (AvgIpc) is 3.17. The molecule has 0 aromatic heterocycles. The SMILES string of the molecule is O=C(O)CCCc1ccc(C#CCCNC(=O)OCC2c3ccccc3-c3ccccc32)cc1. The summed E-state index contributed by atoms with van der Waals surface area (Å²) >= 11 is 0. The maximum atomic E-state index is 12.2. The van der Waals surface area contributed by atoms with Gasteiger partial charge in [0.1, 0.15) is 6.61 Å². The van der Waals surface area contributed by atoms with Crippen molar-refractivity contribution in [3.63, 3.8) is 0 Å². The Hall–Kier alpha value is -4.04. The molecule has 1 amide bonds. The number of rotatable bonds is 8. The van der Waals surface area contributed by atoms with Crippen molar-refractivity contribution in [2.75, 3.05) is 13.2 Å². The Morgan fingerprint density at radius 2 is 1.56 bits per heavy atom. The molecule has 1 aliphatic rings. The zero-order valence-electron chi connectivity index (χ0n) is 18.9. The molecule has 2 N–H and O–H groups in total. The summed E-state index contributed by atoms with van der Waals surface area (Å²) in [6, 6.07) is 24.3. The molecule has 172 valence electrons. The molecule has 5 nitrogen and oxygen atoms in total. The lowest BCUT2D eigenvalue weighted by Crippen LogP contribution is -2.26. The van der Waals surface area contributed by atoms with Gasteiger partial charge in [0, 0.05) is 30.9 Å². The summed E-state index contributed by atoms with van der Waals surface area (Å²) in [4.78, 5) is 22.8. The predicted molar refractivity (Wildman–Crippen MR) is 132 cm³/mol. The first-order chi connectivity index (χ1) is 16.6. The number of amides is 1. The zero-order valence-corrected chi connectivity index (χ0v) is 18.9. The van der Waals surface area contributed by atoms with Crippen LogP contribution in [0, 0.1) is 11.8 Å². The van der Waals surface area contributed by atoms with Crippen molar-refractivity contribution in [3.8, 4) is 23.0 Å². The zero-order chi connectivity index (χ0) is 23.8. The van der Waals surface area contributed by atoms with Crippen molar-refractivity contribution < 1.29 is 19.4 Å². The normalized spacial score (nSPS) is 11.6. The Kier molecular flexibility index (Phi) is 7.62. The fourth-order valence-corrected chi connectivity index (χ4v) is 4.24. The van der Waals surface area contributed by atoms with E-state index in [4.69, 9.17) is 9.84 Å². The maximum absolute atomic E-state index is 12.2. The Morgan fingerprint density at radius 1 is 0.912 bits per heavy atom. The van der Waals surface area contributed by atoms with Crippen LogP contribution in [0.1, 0.15) is 47.4 Å². The van der Waals surface area contributed by atoms with Gasteiger partial charge in [-0.15, -0.1) is 0 Å². The van der Waals surface area contributed by atoms with Crippen LogP contribution in [0.25, 0.3) is 11.1 Å². The summed E-state index contributed by atoms with van der Waals surface area (Å²) < 4.78 is 5.53. The minimum atomic E-state index is -0.769. The van der Waals surface area contributed by atoms with Gasteiger partial charge in [-0.2, -0.15) is 0 Å². The molecule has 0 radical (unpaired) electrons. The number of ether oxygens (including phenoxy) is 1. The van der Waals surface area contributed by atoms with E-state index in [1.807, 2.05) is 48.5 Å².